The third-order valence-electron chi connectivity index (χ3n) is 5.91. The third kappa shape index (κ3) is 7.97. The summed E-state index contributed by atoms with van der Waals surface area (Å²) >= 11 is 0. The first-order valence-corrected chi connectivity index (χ1v) is 13.1. The molecule has 0 aliphatic carbocycles. The summed E-state index contributed by atoms with van der Waals surface area (Å²) in [4.78, 5) is 24.1. The maximum Gasteiger partial charge on any atom is 0.338 e. The average Bonchev–Trinajstić information content (AvgIpc) is 2.92. The van der Waals surface area contributed by atoms with E-state index in [9.17, 15) is 9.59 Å². The van der Waals surface area contributed by atoms with Gasteiger partial charge in [0.25, 0.3) is 0 Å². The lowest BCUT2D eigenvalue weighted by Gasteiger charge is -2.15. The summed E-state index contributed by atoms with van der Waals surface area (Å²) in [5.74, 6) is -0.790. The van der Waals surface area contributed by atoms with Crippen LogP contribution in [0, 0.1) is 5.82 Å². The molecule has 3 aromatic carbocycles. The fourth-order valence-electron chi connectivity index (χ4n) is 3.83. The van der Waals surface area contributed by atoms with Gasteiger partial charge in [0.15, 0.2) is 0 Å². The van der Waals surface area contributed by atoms with Crippen molar-refractivity contribution in [2.75, 3.05) is 13.2 Å². The first kappa shape index (κ1) is 30.5. The van der Waals surface area contributed by atoms with E-state index in [4.69, 9.17) is 18.9 Å². The van der Waals surface area contributed by atoms with Crippen LogP contribution in [0.4, 0.5) is 4.39 Å². The van der Waals surface area contributed by atoms with Crippen LogP contribution >= 0.6 is 0 Å². The van der Waals surface area contributed by atoms with Crippen LogP contribution < -0.4 is 9.47 Å². The number of esters is 2. The Hall–Kier alpha value is -4.07. The smallest absolute Gasteiger partial charge is 0.338 e. The van der Waals surface area contributed by atoms with Gasteiger partial charge in [-0.2, -0.15) is 0 Å². The molecule has 0 unspecified atom stereocenters. The minimum absolute atomic E-state index is 0.201. The van der Waals surface area contributed by atoms with Gasteiger partial charge >= 0.3 is 11.9 Å². The van der Waals surface area contributed by atoms with Gasteiger partial charge in [-0.1, -0.05) is 44.3 Å². The van der Waals surface area contributed by atoms with Gasteiger partial charge in [0.05, 0.1) is 13.2 Å². The number of hydrogen-bond acceptors (Lipinski definition) is 6. The van der Waals surface area contributed by atoms with Gasteiger partial charge in [0.2, 0.25) is 0 Å². The molecule has 210 valence electrons. The van der Waals surface area contributed by atoms with Crippen LogP contribution in [0.1, 0.15) is 45.2 Å². The Morgan fingerprint density at radius 3 is 2.02 bits per heavy atom. The van der Waals surface area contributed by atoms with Crippen molar-refractivity contribution in [1.82, 2.24) is 0 Å². The Bertz CT molecular complexity index is 1410. The highest BCUT2D eigenvalue weighted by Gasteiger charge is 2.16. The van der Waals surface area contributed by atoms with E-state index in [0.29, 0.717) is 47.0 Å². The van der Waals surface area contributed by atoms with Crippen LogP contribution in [-0.2, 0) is 32.3 Å². The number of rotatable bonds is 13. The Kier molecular flexibility index (Phi) is 10.9. The minimum atomic E-state index is -0.542. The normalized spacial score (nSPS) is 10.7. The van der Waals surface area contributed by atoms with E-state index in [0.717, 1.165) is 17.5 Å². The molecule has 0 saturated heterocycles. The Morgan fingerprint density at radius 1 is 0.750 bits per heavy atom. The summed E-state index contributed by atoms with van der Waals surface area (Å²) in [7, 11) is 0. The van der Waals surface area contributed by atoms with E-state index in [1.807, 2.05) is 19.9 Å². The molecule has 0 bridgehead atoms. The van der Waals surface area contributed by atoms with E-state index >= 15 is 4.39 Å². The van der Waals surface area contributed by atoms with Crippen LogP contribution in [0.5, 0.6) is 11.5 Å². The van der Waals surface area contributed by atoms with E-state index in [1.54, 1.807) is 56.3 Å². The van der Waals surface area contributed by atoms with Crippen molar-refractivity contribution in [2.24, 2.45) is 0 Å². The monoisotopic (exact) mass is 546 g/mol. The predicted octanol–water partition coefficient (Wildman–Crippen LogP) is 7.59. The van der Waals surface area contributed by atoms with Crippen molar-refractivity contribution >= 4 is 11.9 Å². The molecule has 0 N–H and O–H groups in total. The largest absolute Gasteiger partial charge is 0.423 e. The number of hydrogen-bond donors (Lipinski definition) is 0. The molecular weight excluding hydrogens is 511 g/mol. The van der Waals surface area contributed by atoms with Gasteiger partial charge in [-0.3, -0.25) is 0 Å². The fraction of sp³-hybridized carbons (Fsp3) is 0.273. The van der Waals surface area contributed by atoms with Crippen molar-refractivity contribution in [1.29, 1.82) is 0 Å². The molecule has 0 aromatic heterocycles. The third-order valence-corrected chi connectivity index (χ3v) is 5.91. The minimum Gasteiger partial charge on any atom is -0.423 e. The van der Waals surface area contributed by atoms with Crippen LogP contribution in [0.15, 0.2) is 78.9 Å². The lowest BCUT2D eigenvalue weighted by Crippen LogP contribution is -2.10. The maximum atomic E-state index is 15.6. The zero-order valence-corrected chi connectivity index (χ0v) is 23.5. The number of halogens is 1. The molecule has 7 heteroatoms. The van der Waals surface area contributed by atoms with Crippen LogP contribution in [0.25, 0.3) is 22.3 Å². The van der Waals surface area contributed by atoms with Crippen molar-refractivity contribution < 1.29 is 32.9 Å². The second kappa shape index (κ2) is 14.4. The molecule has 0 saturated carbocycles. The number of carbonyl (C=O) groups excluding carboxylic acids is 2. The van der Waals surface area contributed by atoms with E-state index in [-0.39, 0.29) is 24.4 Å². The van der Waals surface area contributed by atoms with Crippen LogP contribution in [0.2, 0.25) is 0 Å². The molecule has 0 spiro atoms. The molecule has 6 nitrogen and oxygen atoms in total. The van der Waals surface area contributed by atoms with Crippen molar-refractivity contribution in [3.8, 4) is 33.8 Å². The lowest BCUT2D eigenvalue weighted by atomic mass is 9.95. The Labute approximate surface area is 235 Å². The lowest BCUT2D eigenvalue weighted by molar-refractivity contribution is -0.131. The SMILES string of the molecule is C=C(C)C(=O)Oc1ccc(-c2ccc(-c3ccc(OC(=O)C(=C)C)c(COCC)c3)c(F)c2)c(COCCC)c1. The van der Waals surface area contributed by atoms with Gasteiger partial charge in [-0.05, 0) is 79.8 Å². The summed E-state index contributed by atoms with van der Waals surface area (Å²) < 4.78 is 37.7. The highest BCUT2D eigenvalue weighted by atomic mass is 19.1. The summed E-state index contributed by atoms with van der Waals surface area (Å²) in [6, 6.07) is 15.2. The number of benzene rings is 3. The average molecular weight is 547 g/mol. The molecule has 0 fully saturated rings. The summed E-state index contributed by atoms with van der Waals surface area (Å²) in [6.45, 7) is 15.8. The Balaban J connectivity index is 1.97. The molecule has 0 amide bonds. The molecule has 0 aliphatic rings. The van der Waals surface area contributed by atoms with Gasteiger partial charge in [0.1, 0.15) is 17.3 Å². The van der Waals surface area contributed by atoms with E-state index in [2.05, 4.69) is 13.2 Å². The molecule has 0 atom stereocenters. The van der Waals surface area contributed by atoms with Gasteiger partial charge < -0.3 is 18.9 Å². The maximum absolute atomic E-state index is 15.6. The molecule has 40 heavy (non-hydrogen) atoms. The van der Waals surface area contributed by atoms with Gasteiger partial charge in [0, 0.05) is 35.5 Å². The number of carbonyl (C=O) groups is 2. The number of ether oxygens (including phenoxy) is 4. The van der Waals surface area contributed by atoms with E-state index in [1.165, 1.54) is 6.07 Å². The molecule has 3 rings (SSSR count). The zero-order valence-electron chi connectivity index (χ0n) is 23.5. The first-order chi connectivity index (χ1) is 19.1. The second-order valence-corrected chi connectivity index (χ2v) is 9.37. The highest BCUT2D eigenvalue weighted by Crippen LogP contribution is 2.34. The van der Waals surface area contributed by atoms with Crippen LogP contribution in [0.3, 0.4) is 0 Å². The summed E-state index contributed by atoms with van der Waals surface area (Å²) in [5, 5.41) is 0. The Morgan fingerprint density at radius 2 is 1.38 bits per heavy atom. The van der Waals surface area contributed by atoms with Crippen molar-refractivity contribution in [2.45, 2.75) is 47.3 Å². The molecule has 0 heterocycles. The van der Waals surface area contributed by atoms with Gasteiger partial charge in [-0.25, -0.2) is 14.0 Å². The second-order valence-electron chi connectivity index (χ2n) is 9.37. The molecule has 3 aromatic rings. The summed E-state index contributed by atoms with van der Waals surface area (Å²) in [6.07, 6.45) is 0.847. The molecule has 0 radical (unpaired) electrons. The quantitative estimate of drug-likeness (QED) is 0.0952. The molecular formula is C33H35FO6. The van der Waals surface area contributed by atoms with Gasteiger partial charge in [-0.15, -0.1) is 0 Å². The standard InChI is InChI=1S/C33H35FO6/c1-7-15-38-19-25-17-27(39-32(35)21(3)4)11-13-28(25)24-9-12-29(30(34)18-24)23-10-14-31(40-33(36)22(5)6)26(16-23)20-37-8-2/h9-14,16-18H,3,5,7-8,15,19-20H2,1-2,4,6H3. The fourth-order valence-corrected chi connectivity index (χ4v) is 3.83. The first-order valence-electron chi connectivity index (χ1n) is 13.1. The molecule has 0 aliphatic heterocycles. The van der Waals surface area contributed by atoms with E-state index < -0.39 is 17.8 Å². The predicted molar refractivity (Wildman–Crippen MR) is 153 cm³/mol. The zero-order chi connectivity index (χ0) is 29.2. The highest BCUT2D eigenvalue weighted by molar-refractivity contribution is 5.89. The topological polar surface area (TPSA) is 71.1 Å². The van der Waals surface area contributed by atoms with Crippen molar-refractivity contribution in [3.05, 3.63) is 95.8 Å². The van der Waals surface area contributed by atoms with Crippen LogP contribution in [-0.4, -0.2) is 25.2 Å². The summed E-state index contributed by atoms with van der Waals surface area (Å²) in [5.41, 5.74) is 4.35. The van der Waals surface area contributed by atoms with Crippen molar-refractivity contribution in [3.63, 3.8) is 0 Å².